The molecule has 0 aliphatic rings. The Morgan fingerprint density at radius 3 is 2.28 bits per heavy atom. The van der Waals surface area contributed by atoms with Gasteiger partial charge in [-0.25, -0.2) is 14.0 Å². The smallest absolute Gasteiger partial charge is 0.335 e. The van der Waals surface area contributed by atoms with Crippen molar-refractivity contribution in [1.82, 2.24) is 10.6 Å². The Hall–Kier alpha value is -2.11. The van der Waals surface area contributed by atoms with Crippen LogP contribution < -0.4 is 10.6 Å². The molecule has 3 N–H and O–H groups in total. The number of hydrogen-bond donors (Lipinski definition) is 3. The highest BCUT2D eigenvalue weighted by molar-refractivity contribution is 5.87. The zero-order valence-corrected chi connectivity index (χ0v) is 9.78. The summed E-state index contributed by atoms with van der Waals surface area (Å²) < 4.78 is 11.8. The van der Waals surface area contributed by atoms with Crippen LogP contribution in [0.15, 0.2) is 24.3 Å². The fraction of sp³-hybridized carbons (Fsp3) is 0.333. The van der Waals surface area contributed by atoms with Crippen LogP contribution in [0.5, 0.6) is 0 Å². The summed E-state index contributed by atoms with van der Waals surface area (Å²) in [5.74, 6) is -0.967. The molecule has 0 aliphatic heterocycles. The number of carboxylic acids is 1. The monoisotopic (exact) mass is 254 g/mol. The van der Waals surface area contributed by atoms with Gasteiger partial charge in [0.1, 0.15) is 6.67 Å². The highest BCUT2D eigenvalue weighted by Crippen LogP contribution is 2.04. The van der Waals surface area contributed by atoms with Gasteiger partial charge in [0.05, 0.1) is 5.56 Å². The van der Waals surface area contributed by atoms with E-state index in [-0.39, 0.29) is 12.1 Å². The van der Waals surface area contributed by atoms with Crippen LogP contribution in [0.1, 0.15) is 15.9 Å². The molecule has 1 rings (SSSR count). The van der Waals surface area contributed by atoms with Gasteiger partial charge in [0.15, 0.2) is 0 Å². The Kier molecular flexibility index (Phi) is 5.63. The SMILES string of the molecule is O=C(NCCF)NCCc1ccc(C(=O)O)cc1. The van der Waals surface area contributed by atoms with Crippen LogP contribution in [-0.4, -0.2) is 36.9 Å². The number of alkyl halides is 1. The van der Waals surface area contributed by atoms with E-state index in [1.807, 2.05) is 0 Å². The van der Waals surface area contributed by atoms with Crippen LogP contribution >= 0.6 is 0 Å². The molecule has 1 aromatic carbocycles. The van der Waals surface area contributed by atoms with Crippen LogP contribution in [0, 0.1) is 0 Å². The fourth-order valence-electron chi connectivity index (χ4n) is 1.36. The van der Waals surface area contributed by atoms with Crippen LogP contribution in [0.2, 0.25) is 0 Å². The number of amides is 2. The number of rotatable bonds is 6. The first kappa shape index (κ1) is 14.0. The van der Waals surface area contributed by atoms with Crippen molar-refractivity contribution in [3.63, 3.8) is 0 Å². The van der Waals surface area contributed by atoms with Crippen molar-refractivity contribution in [1.29, 1.82) is 0 Å². The van der Waals surface area contributed by atoms with E-state index in [2.05, 4.69) is 10.6 Å². The number of urea groups is 1. The number of aromatic carboxylic acids is 1. The predicted molar refractivity (Wildman–Crippen MR) is 64.5 cm³/mol. The minimum atomic E-state index is -0.967. The molecule has 0 bridgehead atoms. The Bertz CT molecular complexity index is 406. The molecule has 5 nitrogen and oxygen atoms in total. The van der Waals surface area contributed by atoms with Gasteiger partial charge in [-0.15, -0.1) is 0 Å². The molecule has 0 heterocycles. The van der Waals surface area contributed by atoms with E-state index in [1.165, 1.54) is 12.1 Å². The lowest BCUT2D eigenvalue weighted by molar-refractivity contribution is 0.0697. The highest BCUT2D eigenvalue weighted by atomic mass is 19.1. The van der Waals surface area contributed by atoms with Crippen molar-refractivity contribution in [3.8, 4) is 0 Å². The van der Waals surface area contributed by atoms with E-state index in [9.17, 15) is 14.0 Å². The number of carbonyl (C=O) groups is 2. The lowest BCUT2D eigenvalue weighted by atomic mass is 10.1. The highest BCUT2D eigenvalue weighted by Gasteiger charge is 2.02. The zero-order chi connectivity index (χ0) is 13.4. The molecule has 0 saturated heterocycles. The van der Waals surface area contributed by atoms with E-state index in [1.54, 1.807) is 12.1 Å². The summed E-state index contributed by atoms with van der Waals surface area (Å²) in [5, 5.41) is 13.6. The molecule has 0 atom stereocenters. The molecule has 0 radical (unpaired) electrons. The summed E-state index contributed by atoms with van der Waals surface area (Å²) in [7, 11) is 0. The minimum absolute atomic E-state index is 0.000851. The van der Waals surface area contributed by atoms with Gasteiger partial charge >= 0.3 is 12.0 Å². The van der Waals surface area contributed by atoms with Crippen molar-refractivity contribution in [3.05, 3.63) is 35.4 Å². The Balaban J connectivity index is 2.31. The molecule has 0 spiro atoms. The van der Waals surface area contributed by atoms with Gasteiger partial charge < -0.3 is 15.7 Å². The molecule has 98 valence electrons. The molecule has 2 amide bonds. The van der Waals surface area contributed by atoms with Gasteiger partial charge in [-0.2, -0.15) is 0 Å². The molecule has 0 aromatic heterocycles. The summed E-state index contributed by atoms with van der Waals surface area (Å²) in [6.45, 7) is -0.187. The summed E-state index contributed by atoms with van der Waals surface area (Å²) in [4.78, 5) is 21.7. The molecule has 0 unspecified atom stereocenters. The van der Waals surface area contributed by atoms with Crippen molar-refractivity contribution in [2.75, 3.05) is 19.8 Å². The van der Waals surface area contributed by atoms with Crippen molar-refractivity contribution < 1.29 is 19.1 Å². The van der Waals surface area contributed by atoms with E-state index >= 15 is 0 Å². The second kappa shape index (κ2) is 7.26. The van der Waals surface area contributed by atoms with Crippen molar-refractivity contribution in [2.24, 2.45) is 0 Å². The molecule has 6 heteroatoms. The van der Waals surface area contributed by atoms with Gasteiger partial charge in [-0.1, -0.05) is 12.1 Å². The quantitative estimate of drug-likeness (QED) is 0.713. The molecular weight excluding hydrogens is 239 g/mol. The van der Waals surface area contributed by atoms with E-state index in [4.69, 9.17) is 5.11 Å². The summed E-state index contributed by atoms with van der Waals surface area (Å²) in [6.07, 6.45) is 0.586. The second-order valence-corrected chi connectivity index (χ2v) is 3.62. The molecular formula is C12H15FN2O3. The van der Waals surface area contributed by atoms with E-state index in [0.717, 1.165) is 5.56 Å². The second-order valence-electron chi connectivity index (χ2n) is 3.62. The Labute approximate surface area is 104 Å². The van der Waals surface area contributed by atoms with Crippen molar-refractivity contribution >= 4 is 12.0 Å². The lowest BCUT2D eigenvalue weighted by Gasteiger charge is -2.06. The van der Waals surface area contributed by atoms with Crippen LogP contribution in [-0.2, 0) is 6.42 Å². The van der Waals surface area contributed by atoms with E-state index in [0.29, 0.717) is 13.0 Å². The summed E-state index contributed by atoms with van der Waals surface area (Å²) in [6, 6.07) is 6.02. The van der Waals surface area contributed by atoms with Crippen LogP contribution in [0.25, 0.3) is 0 Å². The van der Waals surface area contributed by atoms with Crippen molar-refractivity contribution in [2.45, 2.75) is 6.42 Å². The fourth-order valence-corrected chi connectivity index (χ4v) is 1.36. The molecule has 0 saturated carbocycles. The van der Waals surface area contributed by atoms with Gasteiger partial charge in [-0.3, -0.25) is 0 Å². The minimum Gasteiger partial charge on any atom is -0.478 e. The molecule has 1 aromatic rings. The molecule has 0 fully saturated rings. The molecule has 18 heavy (non-hydrogen) atoms. The third kappa shape index (κ3) is 4.82. The first-order chi connectivity index (χ1) is 8.63. The number of nitrogens with one attached hydrogen (secondary N) is 2. The number of halogens is 1. The maximum Gasteiger partial charge on any atom is 0.335 e. The summed E-state index contributed by atoms with van der Waals surface area (Å²) in [5.41, 5.74) is 1.15. The van der Waals surface area contributed by atoms with Crippen LogP contribution in [0.4, 0.5) is 9.18 Å². The summed E-state index contributed by atoms with van der Waals surface area (Å²) >= 11 is 0. The number of hydrogen-bond acceptors (Lipinski definition) is 2. The standard InChI is InChI=1S/C12H15FN2O3/c13-6-8-15-12(18)14-7-5-9-1-3-10(4-2-9)11(16)17/h1-4H,5-8H2,(H,16,17)(H2,14,15,18). The Morgan fingerprint density at radius 1 is 1.11 bits per heavy atom. The average molecular weight is 254 g/mol. The number of benzene rings is 1. The lowest BCUT2D eigenvalue weighted by Crippen LogP contribution is -2.37. The zero-order valence-electron chi connectivity index (χ0n) is 9.78. The van der Waals surface area contributed by atoms with Crippen LogP contribution in [0.3, 0.4) is 0 Å². The molecule has 0 aliphatic carbocycles. The van der Waals surface area contributed by atoms with Gasteiger partial charge in [0.2, 0.25) is 0 Å². The third-order valence-electron chi connectivity index (χ3n) is 2.28. The van der Waals surface area contributed by atoms with Gasteiger partial charge in [0.25, 0.3) is 0 Å². The maximum atomic E-state index is 11.8. The number of carboxylic acid groups (broad SMARTS) is 1. The first-order valence-corrected chi connectivity index (χ1v) is 5.53. The maximum absolute atomic E-state index is 11.8. The topological polar surface area (TPSA) is 78.4 Å². The van der Waals surface area contributed by atoms with E-state index < -0.39 is 18.7 Å². The normalized spacial score (nSPS) is 9.83. The predicted octanol–water partition coefficient (Wildman–Crippen LogP) is 1.20. The first-order valence-electron chi connectivity index (χ1n) is 5.53. The Morgan fingerprint density at radius 2 is 1.72 bits per heavy atom. The largest absolute Gasteiger partial charge is 0.478 e. The van der Waals surface area contributed by atoms with Gasteiger partial charge in [0, 0.05) is 13.1 Å². The number of carbonyl (C=O) groups excluding carboxylic acids is 1. The third-order valence-corrected chi connectivity index (χ3v) is 2.28. The van der Waals surface area contributed by atoms with Gasteiger partial charge in [-0.05, 0) is 24.1 Å². The average Bonchev–Trinajstić information content (AvgIpc) is 2.37.